The predicted molar refractivity (Wildman–Crippen MR) is 65.1 cm³/mol. The molecule has 15 heavy (non-hydrogen) atoms. The van der Waals surface area contributed by atoms with E-state index in [-0.39, 0.29) is 0 Å². The van der Waals surface area contributed by atoms with Crippen LogP contribution < -0.4 is 5.32 Å². The van der Waals surface area contributed by atoms with Crippen molar-refractivity contribution < 1.29 is 0 Å². The van der Waals surface area contributed by atoms with Crippen LogP contribution in [0.25, 0.3) is 0 Å². The Morgan fingerprint density at radius 3 is 2.67 bits per heavy atom. The third-order valence-corrected chi connectivity index (χ3v) is 2.60. The van der Waals surface area contributed by atoms with Crippen molar-refractivity contribution in [3.8, 4) is 0 Å². The number of hydrogen-bond donors (Lipinski definition) is 1. The number of nitrogens with zero attached hydrogens (tertiary/aromatic N) is 1. The van der Waals surface area contributed by atoms with E-state index in [2.05, 4.69) is 43.2 Å². The Morgan fingerprint density at radius 2 is 2.13 bits per heavy atom. The van der Waals surface area contributed by atoms with Crippen LogP contribution in [0.3, 0.4) is 0 Å². The van der Waals surface area contributed by atoms with Crippen LogP contribution in [0.5, 0.6) is 0 Å². The fraction of sp³-hybridized carbons (Fsp3) is 0.615. The van der Waals surface area contributed by atoms with Gasteiger partial charge >= 0.3 is 0 Å². The molecule has 1 aromatic rings. The van der Waals surface area contributed by atoms with Gasteiger partial charge in [-0.2, -0.15) is 0 Å². The molecular formula is C13H22N2. The second-order valence-electron chi connectivity index (χ2n) is 4.09. The Morgan fingerprint density at radius 1 is 1.33 bits per heavy atom. The lowest BCUT2D eigenvalue weighted by Crippen LogP contribution is -2.31. The Kier molecular flexibility index (Phi) is 5.33. The second-order valence-corrected chi connectivity index (χ2v) is 4.09. The molecule has 1 rings (SSSR count). The summed E-state index contributed by atoms with van der Waals surface area (Å²) in [6.45, 7) is 7.60. The second kappa shape index (κ2) is 6.57. The zero-order chi connectivity index (χ0) is 11.1. The SMILES string of the molecule is CCCNC(CC)Cc1ccc(C)cn1. The van der Waals surface area contributed by atoms with Crippen molar-refractivity contribution in [1.82, 2.24) is 10.3 Å². The van der Waals surface area contributed by atoms with E-state index in [0.717, 1.165) is 19.4 Å². The summed E-state index contributed by atoms with van der Waals surface area (Å²) in [6, 6.07) is 4.83. The molecule has 0 aromatic carbocycles. The number of aromatic nitrogens is 1. The highest BCUT2D eigenvalue weighted by molar-refractivity contribution is 5.13. The summed E-state index contributed by atoms with van der Waals surface area (Å²) in [5.74, 6) is 0. The van der Waals surface area contributed by atoms with Crippen molar-refractivity contribution >= 4 is 0 Å². The summed E-state index contributed by atoms with van der Waals surface area (Å²) in [7, 11) is 0. The highest BCUT2D eigenvalue weighted by Gasteiger charge is 2.06. The van der Waals surface area contributed by atoms with Crippen molar-refractivity contribution in [1.29, 1.82) is 0 Å². The van der Waals surface area contributed by atoms with Gasteiger partial charge in [-0.15, -0.1) is 0 Å². The maximum Gasteiger partial charge on any atom is 0.0419 e. The van der Waals surface area contributed by atoms with E-state index in [4.69, 9.17) is 0 Å². The maximum absolute atomic E-state index is 4.43. The predicted octanol–water partition coefficient (Wildman–Crippen LogP) is 2.71. The van der Waals surface area contributed by atoms with Gasteiger partial charge in [0.05, 0.1) is 0 Å². The van der Waals surface area contributed by atoms with Crippen LogP contribution in [0.4, 0.5) is 0 Å². The monoisotopic (exact) mass is 206 g/mol. The highest BCUT2D eigenvalue weighted by Crippen LogP contribution is 2.04. The highest BCUT2D eigenvalue weighted by atomic mass is 14.9. The molecule has 0 bridgehead atoms. The zero-order valence-corrected chi connectivity index (χ0v) is 10.1. The van der Waals surface area contributed by atoms with Crippen LogP contribution in [0.15, 0.2) is 18.3 Å². The van der Waals surface area contributed by atoms with Crippen LogP contribution in [0.1, 0.15) is 37.9 Å². The number of pyridine rings is 1. The average Bonchev–Trinajstić information content (AvgIpc) is 2.27. The summed E-state index contributed by atoms with van der Waals surface area (Å²) in [5, 5.41) is 3.54. The van der Waals surface area contributed by atoms with Crippen LogP contribution in [0, 0.1) is 6.92 Å². The molecule has 1 heterocycles. The summed E-state index contributed by atoms with van der Waals surface area (Å²) in [5.41, 5.74) is 2.42. The summed E-state index contributed by atoms with van der Waals surface area (Å²) in [6.07, 6.45) is 5.34. The standard InChI is InChI=1S/C13H22N2/c1-4-8-14-12(5-2)9-13-7-6-11(3)10-15-13/h6-7,10,12,14H,4-5,8-9H2,1-3H3. The molecule has 0 aliphatic rings. The lowest BCUT2D eigenvalue weighted by Gasteiger charge is -2.15. The normalized spacial score (nSPS) is 12.7. The van der Waals surface area contributed by atoms with Crippen molar-refractivity contribution in [2.75, 3.05) is 6.54 Å². The van der Waals surface area contributed by atoms with Gasteiger partial charge in [-0.05, 0) is 37.9 Å². The van der Waals surface area contributed by atoms with Gasteiger partial charge in [0.25, 0.3) is 0 Å². The fourth-order valence-electron chi connectivity index (χ4n) is 1.58. The van der Waals surface area contributed by atoms with Crippen molar-refractivity contribution in [3.63, 3.8) is 0 Å². The van der Waals surface area contributed by atoms with Crippen LogP contribution in [-0.4, -0.2) is 17.6 Å². The van der Waals surface area contributed by atoms with Crippen molar-refractivity contribution in [3.05, 3.63) is 29.6 Å². The molecule has 1 unspecified atom stereocenters. The molecule has 0 saturated heterocycles. The Bertz CT molecular complexity index is 266. The molecule has 1 N–H and O–H groups in total. The van der Waals surface area contributed by atoms with Gasteiger partial charge in [0.15, 0.2) is 0 Å². The maximum atomic E-state index is 4.43. The third kappa shape index (κ3) is 4.43. The quantitative estimate of drug-likeness (QED) is 0.774. The van der Waals surface area contributed by atoms with Crippen LogP contribution in [0.2, 0.25) is 0 Å². The molecule has 0 amide bonds. The molecule has 2 nitrogen and oxygen atoms in total. The number of hydrogen-bond acceptors (Lipinski definition) is 2. The van der Waals surface area contributed by atoms with Crippen LogP contribution in [-0.2, 0) is 6.42 Å². The topological polar surface area (TPSA) is 24.9 Å². The molecule has 1 atom stereocenters. The smallest absolute Gasteiger partial charge is 0.0419 e. The Hall–Kier alpha value is -0.890. The largest absolute Gasteiger partial charge is 0.314 e. The van der Waals surface area contributed by atoms with E-state index in [1.807, 2.05) is 6.20 Å². The summed E-state index contributed by atoms with van der Waals surface area (Å²) in [4.78, 5) is 4.43. The van der Waals surface area contributed by atoms with Gasteiger partial charge in [-0.1, -0.05) is 19.9 Å². The van der Waals surface area contributed by atoms with E-state index in [1.165, 1.54) is 17.7 Å². The van der Waals surface area contributed by atoms with E-state index in [1.54, 1.807) is 0 Å². The van der Waals surface area contributed by atoms with E-state index < -0.39 is 0 Å². The zero-order valence-electron chi connectivity index (χ0n) is 10.1. The van der Waals surface area contributed by atoms with Gasteiger partial charge in [0, 0.05) is 24.4 Å². The molecular weight excluding hydrogens is 184 g/mol. The number of nitrogens with one attached hydrogen (secondary N) is 1. The van der Waals surface area contributed by atoms with Gasteiger partial charge in [-0.3, -0.25) is 4.98 Å². The molecule has 0 aliphatic carbocycles. The van der Waals surface area contributed by atoms with E-state index in [0.29, 0.717) is 6.04 Å². The Labute approximate surface area is 93.1 Å². The molecule has 0 aliphatic heterocycles. The first-order valence-electron chi connectivity index (χ1n) is 5.91. The third-order valence-electron chi connectivity index (χ3n) is 2.60. The minimum atomic E-state index is 0.570. The number of rotatable bonds is 6. The molecule has 0 radical (unpaired) electrons. The first-order valence-corrected chi connectivity index (χ1v) is 5.91. The van der Waals surface area contributed by atoms with E-state index >= 15 is 0 Å². The van der Waals surface area contributed by atoms with Gasteiger partial charge < -0.3 is 5.32 Å². The molecule has 0 saturated carbocycles. The van der Waals surface area contributed by atoms with Crippen molar-refractivity contribution in [2.24, 2.45) is 0 Å². The van der Waals surface area contributed by atoms with Crippen LogP contribution >= 0.6 is 0 Å². The summed E-state index contributed by atoms with van der Waals surface area (Å²) < 4.78 is 0. The first-order chi connectivity index (χ1) is 7.26. The molecule has 0 fully saturated rings. The lowest BCUT2D eigenvalue weighted by atomic mass is 10.1. The number of aryl methyl sites for hydroxylation is 1. The van der Waals surface area contributed by atoms with Gasteiger partial charge in [-0.25, -0.2) is 0 Å². The minimum Gasteiger partial charge on any atom is -0.314 e. The average molecular weight is 206 g/mol. The molecule has 1 aromatic heterocycles. The first kappa shape index (κ1) is 12.2. The molecule has 84 valence electrons. The summed E-state index contributed by atoms with van der Waals surface area (Å²) >= 11 is 0. The minimum absolute atomic E-state index is 0.570. The Balaban J connectivity index is 2.47. The van der Waals surface area contributed by atoms with E-state index in [9.17, 15) is 0 Å². The van der Waals surface area contributed by atoms with Gasteiger partial charge in [0.1, 0.15) is 0 Å². The van der Waals surface area contributed by atoms with Crippen molar-refractivity contribution in [2.45, 2.75) is 46.1 Å². The lowest BCUT2D eigenvalue weighted by molar-refractivity contribution is 0.490. The molecule has 2 heteroatoms. The molecule has 0 spiro atoms. The fourth-order valence-corrected chi connectivity index (χ4v) is 1.58. The van der Waals surface area contributed by atoms with Gasteiger partial charge in [0.2, 0.25) is 0 Å².